The van der Waals surface area contributed by atoms with Crippen molar-refractivity contribution in [3.8, 4) is 0 Å². The smallest absolute Gasteiger partial charge is 0.323 e. The molecule has 1 heterocycles. The third-order valence-electron chi connectivity index (χ3n) is 2.19. The third kappa shape index (κ3) is 3.50. The van der Waals surface area contributed by atoms with Crippen LogP contribution in [0.15, 0.2) is 0 Å². The molecule has 0 aromatic heterocycles. The van der Waals surface area contributed by atoms with Gasteiger partial charge in [0.25, 0.3) is 5.91 Å². The summed E-state index contributed by atoms with van der Waals surface area (Å²) in [6, 6.07) is 0. The average Bonchev–Trinajstić information content (AvgIpc) is 2.66. The van der Waals surface area contributed by atoms with E-state index in [0.717, 1.165) is 11.3 Å². The van der Waals surface area contributed by atoms with E-state index in [-0.39, 0.29) is 0 Å². The van der Waals surface area contributed by atoms with Crippen LogP contribution in [0.5, 0.6) is 0 Å². The fraction of sp³-hybridized carbons (Fsp3) is 0.667. The van der Waals surface area contributed by atoms with Crippen molar-refractivity contribution in [1.29, 1.82) is 0 Å². The maximum atomic E-state index is 11.7. The molecule has 7 nitrogen and oxygen atoms in total. The molecule has 2 amide bonds. The number of rotatable bonds is 5. The quantitative estimate of drug-likeness (QED) is 0.601. The summed E-state index contributed by atoms with van der Waals surface area (Å²) in [6.45, 7) is -0.458. The Morgan fingerprint density at radius 3 is 2.50 bits per heavy atom. The monoisotopic (exact) mass is 230 g/mol. The summed E-state index contributed by atoms with van der Waals surface area (Å²) in [6.07, 6.45) is 0.667. The number of aliphatic carboxylic acids is 1. The van der Waals surface area contributed by atoms with Gasteiger partial charge in [-0.25, -0.2) is 0 Å². The van der Waals surface area contributed by atoms with Crippen molar-refractivity contribution < 1.29 is 24.2 Å². The van der Waals surface area contributed by atoms with E-state index < -0.39 is 37.0 Å². The number of carbonyl (C=O) groups is 3. The van der Waals surface area contributed by atoms with E-state index >= 15 is 0 Å². The molecular weight excluding hydrogens is 216 g/mol. The first kappa shape index (κ1) is 12.4. The van der Waals surface area contributed by atoms with E-state index in [0.29, 0.717) is 13.0 Å². The van der Waals surface area contributed by atoms with Gasteiger partial charge < -0.3 is 20.5 Å². The van der Waals surface area contributed by atoms with E-state index in [1.807, 2.05) is 0 Å². The largest absolute Gasteiger partial charge is 0.480 e. The van der Waals surface area contributed by atoms with Crippen LogP contribution in [0.1, 0.15) is 12.8 Å². The number of amides is 2. The van der Waals surface area contributed by atoms with Crippen molar-refractivity contribution in [3.05, 3.63) is 0 Å². The topological polar surface area (TPSA) is 110 Å². The van der Waals surface area contributed by atoms with E-state index in [2.05, 4.69) is 0 Å². The zero-order valence-corrected chi connectivity index (χ0v) is 8.72. The van der Waals surface area contributed by atoms with Gasteiger partial charge in [0.1, 0.15) is 19.2 Å². The minimum absolute atomic E-state index is 0.398. The lowest BCUT2D eigenvalue weighted by molar-refractivity contribution is -0.150. The summed E-state index contributed by atoms with van der Waals surface area (Å²) < 4.78 is 5.12. The SMILES string of the molecule is NC(=O)CN(CC(=O)O)C(=O)C1CCCO1. The van der Waals surface area contributed by atoms with Crippen molar-refractivity contribution in [2.24, 2.45) is 5.73 Å². The molecule has 1 atom stereocenters. The number of carboxylic acid groups (broad SMARTS) is 1. The van der Waals surface area contributed by atoms with E-state index in [9.17, 15) is 14.4 Å². The van der Waals surface area contributed by atoms with E-state index in [4.69, 9.17) is 15.6 Å². The summed E-state index contributed by atoms with van der Waals surface area (Å²) in [7, 11) is 0. The zero-order chi connectivity index (χ0) is 12.1. The number of ether oxygens (including phenoxy) is 1. The molecule has 0 saturated carbocycles. The highest BCUT2D eigenvalue weighted by Gasteiger charge is 2.29. The highest BCUT2D eigenvalue weighted by molar-refractivity contribution is 5.89. The normalized spacial score (nSPS) is 19.4. The fourth-order valence-electron chi connectivity index (χ4n) is 1.54. The van der Waals surface area contributed by atoms with Crippen molar-refractivity contribution in [2.45, 2.75) is 18.9 Å². The molecule has 0 aromatic rings. The molecule has 0 spiro atoms. The van der Waals surface area contributed by atoms with Crippen molar-refractivity contribution in [1.82, 2.24) is 4.90 Å². The second-order valence-electron chi connectivity index (χ2n) is 3.56. The minimum atomic E-state index is -1.19. The van der Waals surface area contributed by atoms with Gasteiger partial charge in [0.05, 0.1) is 0 Å². The molecule has 0 bridgehead atoms. The van der Waals surface area contributed by atoms with E-state index in [1.54, 1.807) is 0 Å². The summed E-state index contributed by atoms with van der Waals surface area (Å²) in [5.74, 6) is -2.42. The van der Waals surface area contributed by atoms with Crippen molar-refractivity contribution >= 4 is 17.8 Å². The number of nitrogens with two attached hydrogens (primary N) is 1. The number of hydrogen-bond acceptors (Lipinski definition) is 4. The van der Waals surface area contributed by atoms with Crippen LogP contribution in [0.4, 0.5) is 0 Å². The van der Waals surface area contributed by atoms with Crippen LogP contribution in [0.2, 0.25) is 0 Å². The zero-order valence-electron chi connectivity index (χ0n) is 8.72. The lowest BCUT2D eigenvalue weighted by Gasteiger charge is -2.21. The number of primary amides is 1. The van der Waals surface area contributed by atoms with Gasteiger partial charge in [-0.15, -0.1) is 0 Å². The highest BCUT2D eigenvalue weighted by Crippen LogP contribution is 2.14. The number of carbonyl (C=O) groups excluding carboxylic acids is 2. The Morgan fingerprint density at radius 2 is 2.06 bits per heavy atom. The first-order valence-corrected chi connectivity index (χ1v) is 4.91. The molecular formula is C9H14N2O5. The number of carboxylic acids is 1. The van der Waals surface area contributed by atoms with Gasteiger partial charge in [0.2, 0.25) is 5.91 Å². The summed E-state index contributed by atoms with van der Waals surface area (Å²) >= 11 is 0. The lowest BCUT2D eigenvalue weighted by atomic mass is 10.2. The molecule has 0 aliphatic carbocycles. The van der Waals surface area contributed by atoms with Crippen LogP contribution in [0.25, 0.3) is 0 Å². The Morgan fingerprint density at radius 1 is 1.38 bits per heavy atom. The van der Waals surface area contributed by atoms with Crippen molar-refractivity contribution in [3.63, 3.8) is 0 Å². The van der Waals surface area contributed by atoms with Gasteiger partial charge in [-0.3, -0.25) is 14.4 Å². The minimum Gasteiger partial charge on any atom is -0.480 e. The molecule has 0 radical (unpaired) electrons. The summed E-state index contributed by atoms with van der Waals surface area (Å²) in [4.78, 5) is 33.9. The molecule has 1 rings (SSSR count). The summed E-state index contributed by atoms with van der Waals surface area (Å²) in [5.41, 5.74) is 4.94. The average molecular weight is 230 g/mol. The van der Waals surface area contributed by atoms with Crippen LogP contribution in [-0.2, 0) is 19.1 Å². The Bertz CT molecular complexity index is 282. The van der Waals surface area contributed by atoms with Crippen LogP contribution in [-0.4, -0.2) is 53.6 Å². The van der Waals surface area contributed by atoms with Gasteiger partial charge in [0, 0.05) is 6.61 Å². The summed E-state index contributed by atoms with van der Waals surface area (Å²) in [5, 5.41) is 8.60. The predicted octanol–water partition coefficient (Wildman–Crippen LogP) is -1.44. The second-order valence-corrected chi connectivity index (χ2v) is 3.56. The Labute approximate surface area is 92.1 Å². The van der Waals surface area contributed by atoms with E-state index in [1.165, 1.54) is 0 Å². The third-order valence-corrected chi connectivity index (χ3v) is 2.19. The van der Waals surface area contributed by atoms with Crippen LogP contribution >= 0.6 is 0 Å². The maximum Gasteiger partial charge on any atom is 0.323 e. The maximum absolute atomic E-state index is 11.7. The first-order chi connectivity index (χ1) is 7.50. The standard InChI is InChI=1S/C9H14N2O5/c10-7(12)4-11(5-8(13)14)9(15)6-2-1-3-16-6/h6H,1-5H2,(H2,10,12)(H,13,14). The Hall–Kier alpha value is -1.63. The number of nitrogens with zero attached hydrogens (tertiary/aromatic N) is 1. The molecule has 3 N–H and O–H groups in total. The Balaban J connectivity index is 2.62. The molecule has 1 unspecified atom stereocenters. The molecule has 7 heteroatoms. The van der Waals surface area contributed by atoms with Gasteiger partial charge in [0.15, 0.2) is 0 Å². The fourth-order valence-corrected chi connectivity index (χ4v) is 1.54. The molecule has 90 valence electrons. The van der Waals surface area contributed by atoms with Crippen LogP contribution in [0, 0.1) is 0 Å². The molecule has 16 heavy (non-hydrogen) atoms. The number of hydrogen-bond donors (Lipinski definition) is 2. The van der Waals surface area contributed by atoms with Gasteiger partial charge in [-0.2, -0.15) is 0 Å². The lowest BCUT2D eigenvalue weighted by Crippen LogP contribution is -2.46. The molecule has 1 saturated heterocycles. The van der Waals surface area contributed by atoms with Gasteiger partial charge in [-0.05, 0) is 12.8 Å². The first-order valence-electron chi connectivity index (χ1n) is 4.91. The Kier molecular flexibility index (Phi) is 4.24. The second kappa shape index (κ2) is 5.45. The van der Waals surface area contributed by atoms with Crippen molar-refractivity contribution in [2.75, 3.05) is 19.7 Å². The predicted molar refractivity (Wildman–Crippen MR) is 52.4 cm³/mol. The molecule has 1 fully saturated rings. The highest BCUT2D eigenvalue weighted by atomic mass is 16.5. The van der Waals surface area contributed by atoms with Gasteiger partial charge in [-0.1, -0.05) is 0 Å². The molecule has 1 aliphatic rings. The van der Waals surface area contributed by atoms with Gasteiger partial charge >= 0.3 is 5.97 Å². The molecule has 1 aliphatic heterocycles. The van der Waals surface area contributed by atoms with Crippen LogP contribution in [0.3, 0.4) is 0 Å². The van der Waals surface area contributed by atoms with Crippen LogP contribution < -0.4 is 5.73 Å². The molecule has 0 aromatic carbocycles.